The number of carbonyl (C=O) groups excluding carboxylic acids is 3. The summed E-state index contributed by atoms with van der Waals surface area (Å²) in [6, 6.07) is 12.6. The van der Waals surface area contributed by atoms with Gasteiger partial charge in [-0.05, 0) is 59.9 Å². The molecule has 256 valence electrons. The van der Waals surface area contributed by atoms with Crippen LogP contribution in [0.1, 0.15) is 36.7 Å². The lowest BCUT2D eigenvalue weighted by Gasteiger charge is -2.33. The predicted molar refractivity (Wildman–Crippen MR) is 169 cm³/mol. The Morgan fingerprint density at radius 1 is 1.02 bits per heavy atom. The zero-order chi connectivity index (χ0) is 34.9. The van der Waals surface area contributed by atoms with Gasteiger partial charge < -0.3 is 35.1 Å². The van der Waals surface area contributed by atoms with Crippen molar-refractivity contribution in [2.24, 2.45) is 5.41 Å². The maximum atomic E-state index is 13.0. The zero-order valence-electron chi connectivity index (χ0n) is 26.6. The number of anilines is 3. The minimum Gasteiger partial charge on any atom is -0.489 e. The van der Waals surface area contributed by atoms with Gasteiger partial charge in [-0.15, -0.1) is 0 Å². The number of hydrogen-bond donors (Lipinski definition) is 3. The number of nitrogens with one attached hydrogen (secondary N) is 3. The van der Waals surface area contributed by atoms with Gasteiger partial charge in [0.05, 0.1) is 6.61 Å². The van der Waals surface area contributed by atoms with Crippen LogP contribution in [0.3, 0.4) is 0 Å². The highest BCUT2D eigenvalue weighted by Crippen LogP contribution is 2.22. The molecule has 13 nitrogen and oxygen atoms in total. The van der Waals surface area contributed by atoms with Crippen LogP contribution in [0, 0.1) is 5.41 Å². The molecule has 4 aliphatic rings. The van der Waals surface area contributed by atoms with Crippen LogP contribution in [0.15, 0.2) is 60.7 Å². The van der Waals surface area contributed by atoms with Crippen LogP contribution in [0.5, 0.6) is 11.8 Å². The van der Waals surface area contributed by atoms with Gasteiger partial charge in [0, 0.05) is 37.4 Å². The van der Waals surface area contributed by atoms with Crippen LogP contribution < -0.4 is 25.4 Å². The topological polar surface area (TPSA) is 157 Å². The SMILES string of the molecule is C=C1COc2ccc(cc2)CNc2nc(nc(OCC(F)(F)F)n2)Nc2ccc(cc2)C(=O)NCC(C)(C)CN(C(=O)C(=O)OCC)C1. The maximum Gasteiger partial charge on any atom is 0.422 e. The van der Waals surface area contributed by atoms with E-state index in [4.69, 9.17) is 14.2 Å². The number of alkyl halides is 3. The Morgan fingerprint density at radius 2 is 1.71 bits per heavy atom. The summed E-state index contributed by atoms with van der Waals surface area (Å²) in [6.45, 7) is 8.22. The summed E-state index contributed by atoms with van der Waals surface area (Å²) in [5.74, 6) is -1.86. The first-order valence-corrected chi connectivity index (χ1v) is 14.9. The van der Waals surface area contributed by atoms with E-state index in [1.807, 2.05) is 13.8 Å². The molecule has 5 heterocycles. The summed E-state index contributed by atoms with van der Waals surface area (Å²) in [4.78, 5) is 51.9. The Kier molecular flexibility index (Phi) is 11.4. The van der Waals surface area contributed by atoms with Gasteiger partial charge in [-0.3, -0.25) is 9.59 Å². The number of amides is 2. The van der Waals surface area contributed by atoms with Gasteiger partial charge in [-0.2, -0.15) is 28.1 Å². The minimum absolute atomic E-state index is 0.00802. The lowest BCUT2D eigenvalue weighted by atomic mass is 9.92. The Labute approximate surface area is 274 Å². The monoisotopic (exact) mass is 671 g/mol. The van der Waals surface area contributed by atoms with Crippen LogP contribution in [-0.4, -0.2) is 83.3 Å². The summed E-state index contributed by atoms with van der Waals surface area (Å²) in [5, 5.41) is 8.69. The summed E-state index contributed by atoms with van der Waals surface area (Å²) in [5.41, 5.74) is 1.35. The molecule has 0 spiro atoms. The van der Waals surface area contributed by atoms with Gasteiger partial charge in [0.1, 0.15) is 12.4 Å². The van der Waals surface area contributed by atoms with E-state index in [1.54, 1.807) is 43.3 Å². The Morgan fingerprint density at radius 3 is 2.38 bits per heavy atom. The van der Waals surface area contributed by atoms with Crippen molar-refractivity contribution in [2.75, 3.05) is 50.1 Å². The number of nitrogens with zero attached hydrogens (tertiary/aromatic N) is 4. The minimum atomic E-state index is -4.60. The van der Waals surface area contributed by atoms with Crippen LogP contribution in [0.4, 0.5) is 30.8 Å². The van der Waals surface area contributed by atoms with E-state index >= 15 is 0 Å². The summed E-state index contributed by atoms with van der Waals surface area (Å²) < 4.78 is 54.1. The molecule has 0 atom stereocenters. The maximum absolute atomic E-state index is 13.0. The molecular formula is C32H36F3N7O6. The Bertz CT molecular complexity index is 1620. The van der Waals surface area contributed by atoms with Crippen molar-refractivity contribution in [3.05, 3.63) is 71.8 Å². The number of rotatable bonds is 3. The molecule has 0 aliphatic carbocycles. The van der Waals surface area contributed by atoms with Crippen LogP contribution in [0.2, 0.25) is 0 Å². The van der Waals surface area contributed by atoms with Crippen molar-refractivity contribution in [3.8, 4) is 11.8 Å². The van der Waals surface area contributed by atoms with Gasteiger partial charge in [0.15, 0.2) is 6.61 Å². The molecular weight excluding hydrogens is 635 g/mol. The molecule has 0 saturated heterocycles. The summed E-state index contributed by atoms with van der Waals surface area (Å²) in [7, 11) is 0. The van der Waals surface area contributed by atoms with E-state index in [9.17, 15) is 27.6 Å². The lowest BCUT2D eigenvalue weighted by Crippen LogP contribution is -2.47. The molecule has 1 aromatic heterocycles. The molecule has 2 amide bonds. The molecule has 7 rings (SSSR count). The van der Waals surface area contributed by atoms with Crippen LogP contribution in [0.25, 0.3) is 0 Å². The third-order valence-corrected chi connectivity index (χ3v) is 6.70. The van der Waals surface area contributed by atoms with E-state index in [-0.39, 0.29) is 51.3 Å². The fraction of sp³-hybridized carbons (Fsp3) is 0.375. The molecule has 0 fully saturated rings. The molecule has 3 N–H and O–H groups in total. The van der Waals surface area contributed by atoms with Crippen molar-refractivity contribution in [1.29, 1.82) is 0 Å². The van der Waals surface area contributed by atoms with E-state index in [0.29, 0.717) is 22.6 Å². The van der Waals surface area contributed by atoms with Crippen molar-refractivity contribution in [2.45, 2.75) is 33.5 Å². The molecule has 2 aromatic carbocycles. The normalized spacial score (nSPS) is 15.7. The average Bonchev–Trinajstić information content (AvgIpc) is 3.04. The van der Waals surface area contributed by atoms with Crippen LogP contribution in [-0.2, 0) is 20.9 Å². The van der Waals surface area contributed by atoms with E-state index in [0.717, 1.165) is 5.56 Å². The first-order valence-electron chi connectivity index (χ1n) is 14.9. The van der Waals surface area contributed by atoms with E-state index in [1.165, 1.54) is 17.0 Å². The zero-order valence-corrected chi connectivity index (χ0v) is 26.6. The number of benzene rings is 2. The fourth-order valence-electron chi connectivity index (χ4n) is 4.44. The van der Waals surface area contributed by atoms with Gasteiger partial charge in [-0.25, -0.2) is 4.79 Å². The third kappa shape index (κ3) is 10.8. The van der Waals surface area contributed by atoms with Crippen molar-refractivity contribution in [1.82, 2.24) is 25.2 Å². The molecule has 48 heavy (non-hydrogen) atoms. The Hall–Kier alpha value is -5.41. The second kappa shape index (κ2) is 15.5. The average molecular weight is 672 g/mol. The predicted octanol–water partition coefficient (Wildman–Crippen LogP) is 4.26. The van der Waals surface area contributed by atoms with Crippen molar-refractivity contribution >= 4 is 35.4 Å². The third-order valence-electron chi connectivity index (χ3n) is 6.70. The first-order chi connectivity index (χ1) is 22.7. The highest BCUT2D eigenvalue weighted by molar-refractivity contribution is 6.32. The largest absolute Gasteiger partial charge is 0.489 e. The van der Waals surface area contributed by atoms with E-state index in [2.05, 4.69) is 37.5 Å². The summed E-state index contributed by atoms with van der Waals surface area (Å²) in [6.07, 6.45) is -4.60. The standard InChI is InChI=1S/C32H36F3N7O6/c1-5-46-27(45)26(44)42-15-20(2)16-47-24-12-6-21(7-13-24)14-36-28-39-29(41-30(40-28)48-19-32(33,34)35)38-23-10-8-22(9-11-23)25(43)37-17-31(3,4)18-42/h6-13H,2,5,14-19H2,1,3-4H3,(H,37,43)(H2,36,38,39,40,41). The molecule has 6 bridgehead atoms. The van der Waals surface area contributed by atoms with E-state index < -0.39 is 42.0 Å². The molecule has 0 radical (unpaired) electrons. The quantitative estimate of drug-likeness (QED) is 0.208. The first kappa shape index (κ1) is 35.4. The number of carbonyl (C=O) groups is 3. The van der Waals surface area contributed by atoms with Gasteiger partial charge in [-0.1, -0.05) is 32.6 Å². The van der Waals surface area contributed by atoms with Gasteiger partial charge in [0.25, 0.3) is 5.91 Å². The number of hydrogen-bond acceptors (Lipinski definition) is 11. The number of ether oxygens (including phenoxy) is 3. The van der Waals surface area contributed by atoms with Gasteiger partial charge in [0.2, 0.25) is 11.9 Å². The highest BCUT2D eigenvalue weighted by Gasteiger charge is 2.31. The number of esters is 1. The second-order valence-corrected chi connectivity index (χ2v) is 11.6. The number of halogens is 3. The lowest BCUT2D eigenvalue weighted by molar-refractivity contribution is -0.160. The van der Waals surface area contributed by atoms with Crippen molar-refractivity contribution < 1.29 is 41.8 Å². The van der Waals surface area contributed by atoms with Crippen molar-refractivity contribution in [3.63, 3.8) is 0 Å². The Balaban J connectivity index is 1.61. The smallest absolute Gasteiger partial charge is 0.422 e. The number of aromatic nitrogens is 3. The molecule has 0 unspecified atom stereocenters. The summed E-state index contributed by atoms with van der Waals surface area (Å²) >= 11 is 0. The van der Waals surface area contributed by atoms with Crippen LogP contribution >= 0.6 is 0 Å². The molecule has 4 aliphatic heterocycles. The second-order valence-electron chi connectivity index (χ2n) is 11.6. The molecule has 0 saturated carbocycles. The highest BCUT2D eigenvalue weighted by atomic mass is 19.4. The van der Waals surface area contributed by atoms with Gasteiger partial charge >= 0.3 is 24.1 Å². The fourth-order valence-corrected chi connectivity index (χ4v) is 4.44. The molecule has 16 heteroatoms. The molecule has 3 aromatic rings.